The van der Waals surface area contributed by atoms with Crippen molar-refractivity contribution in [3.63, 3.8) is 0 Å². The SMILES string of the molecule is CC/C=C\C/C=C\C/C=C\C/C=C\C/C=C\CCCC(=O)OC(COC(=O)CCCCCCCC/C=C\C/C=C\C/C=C\CCCCC)COC1OC(C(=O)O)C(O)C(O)C1OC(=O)CCCCCCC/C=C\C/C=C\CCC. The average Bonchev–Trinajstić information content (AvgIpc) is 3.46. The molecule has 79 heavy (non-hydrogen) atoms. The molecule has 3 N–H and O–H groups in total. The van der Waals surface area contributed by atoms with Crippen LogP contribution in [0.3, 0.4) is 0 Å². The number of hydrogen-bond acceptors (Lipinski definition) is 11. The molecule has 0 bridgehead atoms. The van der Waals surface area contributed by atoms with E-state index in [0.717, 1.165) is 135 Å². The third kappa shape index (κ3) is 43.6. The molecular weight excluding hydrogens is 997 g/mol. The first-order valence-electron chi connectivity index (χ1n) is 30.5. The fraction of sp³-hybridized carbons (Fsp3) is 0.642. The first-order valence-corrected chi connectivity index (χ1v) is 30.5. The maximum atomic E-state index is 13.2. The molecule has 6 atom stereocenters. The lowest BCUT2D eigenvalue weighted by Crippen LogP contribution is -2.61. The predicted octanol–water partition coefficient (Wildman–Crippen LogP) is 16.0. The molecule has 0 amide bonds. The monoisotopic (exact) mass is 1100 g/mol. The van der Waals surface area contributed by atoms with E-state index < -0.39 is 67.3 Å². The Balaban J connectivity index is 2.74. The van der Waals surface area contributed by atoms with Gasteiger partial charge in [0.1, 0.15) is 18.8 Å². The number of rotatable bonds is 50. The molecule has 1 aliphatic rings. The van der Waals surface area contributed by atoms with Crippen LogP contribution in [-0.2, 0) is 42.9 Å². The maximum Gasteiger partial charge on any atom is 0.335 e. The van der Waals surface area contributed by atoms with E-state index >= 15 is 0 Å². The minimum Gasteiger partial charge on any atom is -0.479 e. The van der Waals surface area contributed by atoms with E-state index in [0.29, 0.717) is 25.7 Å². The average molecular weight is 1100 g/mol. The molecule has 1 aliphatic heterocycles. The second-order valence-corrected chi connectivity index (χ2v) is 20.2. The summed E-state index contributed by atoms with van der Waals surface area (Å²) in [5, 5.41) is 31.5. The van der Waals surface area contributed by atoms with E-state index in [1.54, 1.807) is 0 Å². The van der Waals surface area contributed by atoms with Crippen LogP contribution >= 0.6 is 0 Å². The number of carboxylic acid groups (broad SMARTS) is 1. The summed E-state index contributed by atoms with van der Waals surface area (Å²) in [6.07, 6.45) is 61.7. The fourth-order valence-corrected chi connectivity index (χ4v) is 8.33. The van der Waals surface area contributed by atoms with Gasteiger partial charge in [0.25, 0.3) is 0 Å². The zero-order chi connectivity index (χ0) is 57.5. The molecule has 0 aliphatic carbocycles. The van der Waals surface area contributed by atoms with Crippen LogP contribution in [-0.4, -0.2) is 89.2 Å². The molecule has 1 fully saturated rings. The van der Waals surface area contributed by atoms with Gasteiger partial charge < -0.3 is 39.0 Å². The number of allylic oxidation sites excluding steroid dienone is 20. The van der Waals surface area contributed by atoms with E-state index in [-0.39, 0.29) is 25.9 Å². The van der Waals surface area contributed by atoms with Crippen molar-refractivity contribution < 1.29 is 58.2 Å². The third-order valence-electron chi connectivity index (χ3n) is 13.0. The Hall–Kier alpha value is -4.88. The van der Waals surface area contributed by atoms with Crippen molar-refractivity contribution in [3.05, 3.63) is 122 Å². The Kier molecular flexibility index (Phi) is 49.1. The zero-order valence-corrected chi connectivity index (χ0v) is 49.1. The van der Waals surface area contributed by atoms with Crippen molar-refractivity contribution in [1.82, 2.24) is 0 Å². The van der Waals surface area contributed by atoms with Gasteiger partial charge in [-0.1, -0.05) is 206 Å². The van der Waals surface area contributed by atoms with Gasteiger partial charge in [-0.05, 0) is 122 Å². The zero-order valence-electron chi connectivity index (χ0n) is 49.1. The molecule has 6 unspecified atom stereocenters. The van der Waals surface area contributed by atoms with Gasteiger partial charge >= 0.3 is 23.9 Å². The van der Waals surface area contributed by atoms with Crippen LogP contribution in [0.15, 0.2) is 122 Å². The minimum atomic E-state index is -1.92. The highest BCUT2D eigenvalue weighted by Gasteiger charge is 2.50. The summed E-state index contributed by atoms with van der Waals surface area (Å²) < 4.78 is 28.4. The Morgan fingerprint density at radius 1 is 0.430 bits per heavy atom. The molecule has 1 saturated heterocycles. The molecule has 0 aromatic carbocycles. The smallest absolute Gasteiger partial charge is 0.335 e. The van der Waals surface area contributed by atoms with E-state index in [4.69, 9.17) is 23.7 Å². The van der Waals surface area contributed by atoms with E-state index in [1.165, 1.54) is 25.7 Å². The molecule has 12 nitrogen and oxygen atoms in total. The van der Waals surface area contributed by atoms with Crippen molar-refractivity contribution >= 4 is 23.9 Å². The fourth-order valence-electron chi connectivity index (χ4n) is 8.33. The van der Waals surface area contributed by atoms with Gasteiger partial charge in [-0.3, -0.25) is 14.4 Å². The number of aliphatic carboxylic acids is 1. The summed E-state index contributed by atoms with van der Waals surface area (Å²) >= 11 is 0. The van der Waals surface area contributed by atoms with E-state index in [9.17, 15) is 34.5 Å². The molecule has 12 heteroatoms. The van der Waals surface area contributed by atoms with Crippen LogP contribution in [0.1, 0.15) is 226 Å². The molecule has 1 heterocycles. The van der Waals surface area contributed by atoms with Gasteiger partial charge in [0.05, 0.1) is 6.61 Å². The largest absolute Gasteiger partial charge is 0.479 e. The Bertz CT molecular complexity index is 1840. The lowest BCUT2D eigenvalue weighted by molar-refractivity contribution is -0.301. The quantitative estimate of drug-likeness (QED) is 0.0228. The summed E-state index contributed by atoms with van der Waals surface area (Å²) in [6.45, 7) is 5.71. The number of aliphatic hydroxyl groups is 2. The molecule has 0 spiro atoms. The molecule has 1 rings (SSSR count). The lowest BCUT2D eigenvalue weighted by Gasteiger charge is -2.40. The second-order valence-electron chi connectivity index (χ2n) is 20.2. The highest BCUT2D eigenvalue weighted by Crippen LogP contribution is 2.26. The van der Waals surface area contributed by atoms with Crippen molar-refractivity contribution in [2.75, 3.05) is 13.2 Å². The Labute approximate surface area is 478 Å². The number of ether oxygens (including phenoxy) is 5. The predicted molar refractivity (Wildman–Crippen MR) is 321 cm³/mol. The molecule has 446 valence electrons. The van der Waals surface area contributed by atoms with E-state index in [1.807, 2.05) is 12.2 Å². The summed E-state index contributed by atoms with van der Waals surface area (Å²) in [7, 11) is 0. The van der Waals surface area contributed by atoms with Crippen molar-refractivity contribution in [2.45, 2.75) is 263 Å². The summed E-state index contributed by atoms with van der Waals surface area (Å²) in [6, 6.07) is 0. The van der Waals surface area contributed by atoms with Gasteiger partial charge in [-0.2, -0.15) is 0 Å². The van der Waals surface area contributed by atoms with Crippen LogP contribution in [0, 0.1) is 0 Å². The van der Waals surface area contributed by atoms with Gasteiger partial charge in [-0.25, -0.2) is 4.79 Å². The van der Waals surface area contributed by atoms with Crippen LogP contribution in [0.4, 0.5) is 0 Å². The number of carbonyl (C=O) groups excluding carboxylic acids is 3. The number of carbonyl (C=O) groups is 4. The van der Waals surface area contributed by atoms with Gasteiger partial charge in [-0.15, -0.1) is 0 Å². The topological polar surface area (TPSA) is 175 Å². The van der Waals surface area contributed by atoms with Crippen LogP contribution in [0.25, 0.3) is 0 Å². The number of hydrogen-bond donors (Lipinski definition) is 3. The van der Waals surface area contributed by atoms with Gasteiger partial charge in [0, 0.05) is 19.3 Å². The molecule has 0 radical (unpaired) electrons. The van der Waals surface area contributed by atoms with E-state index in [2.05, 4.69) is 130 Å². The first-order chi connectivity index (χ1) is 38.6. The molecule has 0 aromatic heterocycles. The number of esters is 3. The normalized spacial score (nSPS) is 18.7. The second kappa shape index (κ2) is 53.7. The number of carboxylic acids is 1. The van der Waals surface area contributed by atoms with Crippen LogP contribution < -0.4 is 0 Å². The van der Waals surface area contributed by atoms with Gasteiger partial charge in [0.15, 0.2) is 24.6 Å². The van der Waals surface area contributed by atoms with Crippen LogP contribution in [0.2, 0.25) is 0 Å². The Morgan fingerprint density at radius 2 is 0.835 bits per heavy atom. The molecular formula is C67H106O12. The first kappa shape index (κ1) is 72.1. The number of aliphatic hydroxyl groups excluding tert-OH is 2. The van der Waals surface area contributed by atoms with Crippen molar-refractivity contribution in [2.24, 2.45) is 0 Å². The lowest BCUT2D eigenvalue weighted by atomic mass is 9.98. The Morgan fingerprint density at radius 3 is 1.30 bits per heavy atom. The maximum absolute atomic E-state index is 13.2. The third-order valence-corrected chi connectivity index (χ3v) is 13.0. The minimum absolute atomic E-state index is 0.0298. The number of unbranched alkanes of at least 4 members (excludes halogenated alkanes) is 16. The summed E-state index contributed by atoms with van der Waals surface area (Å²) in [5.41, 5.74) is 0. The van der Waals surface area contributed by atoms with Crippen LogP contribution in [0.5, 0.6) is 0 Å². The standard InChI is InChI=1S/C67H106O12/c1-4-7-10-13-16-19-22-25-27-29-30-32-33-36-38-41-44-47-50-53-59(68)75-56-58(77-60(69)54-51-48-45-42-40-37-34-31-28-26-23-20-17-14-11-8-5-2)57-76-67-65(63(72)62(71)64(79-67)66(73)74)78-61(70)55-52-49-46-43-39-35-24-21-18-15-12-9-6-3/h8,11-12,15-17,19-21,24-28,30,32,34,37,42,45,58,62-65,67,71-72H,4-7,9-10,13-14,18,22-23,29,31,33,35-36,38-41,43-44,46-57H2,1-3H3,(H,73,74)/b11-8-,15-12-,19-16-,20-17-,24-21-,27-25-,28-26-,32-30-,37-34-,45-42-. The van der Waals surface area contributed by atoms with Gasteiger partial charge in [0.2, 0.25) is 0 Å². The summed E-state index contributed by atoms with van der Waals surface area (Å²) in [5.74, 6) is -3.25. The molecule has 0 aromatic rings. The summed E-state index contributed by atoms with van der Waals surface area (Å²) in [4.78, 5) is 51.2. The highest BCUT2D eigenvalue weighted by molar-refractivity contribution is 5.74. The highest BCUT2D eigenvalue weighted by atomic mass is 16.7. The van der Waals surface area contributed by atoms with Crippen molar-refractivity contribution in [1.29, 1.82) is 0 Å². The molecule has 0 saturated carbocycles. The van der Waals surface area contributed by atoms with Crippen molar-refractivity contribution in [3.8, 4) is 0 Å².